The first-order valence-electron chi connectivity index (χ1n) is 6.82. The molecule has 1 saturated heterocycles. The molecule has 1 aromatic heterocycles. The third-order valence-corrected chi connectivity index (χ3v) is 3.99. The largest absolute Gasteiger partial charge is 0.369 e. The quantitative estimate of drug-likeness (QED) is 0.814. The lowest BCUT2D eigenvalue weighted by Gasteiger charge is -2.34. The van der Waals surface area contributed by atoms with Gasteiger partial charge in [0.2, 0.25) is 0 Å². The molecule has 5 heteroatoms. The van der Waals surface area contributed by atoms with Crippen LogP contribution in [-0.4, -0.2) is 43.3 Å². The Morgan fingerprint density at radius 3 is 2.45 bits per heavy atom. The van der Waals surface area contributed by atoms with Gasteiger partial charge in [0.15, 0.2) is 5.76 Å². The lowest BCUT2D eigenvalue weighted by Crippen LogP contribution is -2.44. The van der Waals surface area contributed by atoms with E-state index < -0.39 is 0 Å². The fourth-order valence-corrected chi connectivity index (χ4v) is 2.55. The van der Waals surface area contributed by atoms with Crippen LogP contribution in [0.1, 0.15) is 5.76 Å². The first-order chi connectivity index (χ1) is 9.76. The monoisotopic (exact) mass is 291 g/mol. The molecule has 0 N–H and O–H groups in total. The summed E-state index contributed by atoms with van der Waals surface area (Å²) in [6.45, 7) is 4.39. The zero-order chi connectivity index (χ0) is 13.9. The Kier molecular flexibility index (Phi) is 3.94. The molecule has 106 valence electrons. The van der Waals surface area contributed by atoms with Gasteiger partial charge in [-0.25, -0.2) is 0 Å². The van der Waals surface area contributed by atoms with Crippen LogP contribution in [0.3, 0.4) is 0 Å². The highest BCUT2D eigenvalue weighted by Gasteiger charge is 2.14. The van der Waals surface area contributed by atoms with Gasteiger partial charge in [-0.1, -0.05) is 17.3 Å². The molecule has 20 heavy (non-hydrogen) atoms. The van der Waals surface area contributed by atoms with Crippen molar-refractivity contribution in [3.05, 3.63) is 36.1 Å². The van der Waals surface area contributed by atoms with E-state index >= 15 is 0 Å². The van der Waals surface area contributed by atoms with Crippen molar-refractivity contribution in [1.29, 1.82) is 0 Å². The number of benzene rings is 1. The normalized spacial score (nSPS) is 16.6. The number of nitrogens with zero attached hydrogens (tertiary/aromatic N) is 3. The summed E-state index contributed by atoms with van der Waals surface area (Å²) in [7, 11) is 2.17. The van der Waals surface area contributed by atoms with Crippen LogP contribution in [0.5, 0.6) is 0 Å². The van der Waals surface area contributed by atoms with Gasteiger partial charge < -0.3 is 14.3 Å². The van der Waals surface area contributed by atoms with Gasteiger partial charge in [-0.15, -0.1) is 11.6 Å². The fraction of sp³-hybridized carbons (Fsp3) is 0.400. The lowest BCUT2D eigenvalue weighted by molar-refractivity contribution is 0.313. The molecule has 1 aromatic carbocycles. The van der Waals surface area contributed by atoms with Crippen LogP contribution in [0.2, 0.25) is 0 Å². The summed E-state index contributed by atoms with van der Waals surface area (Å²) in [6.07, 6.45) is 0. The van der Waals surface area contributed by atoms with Crippen molar-refractivity contribution in [3.63, 3.8) is 0 Å². The molecule has 1 fully saturated rings. The molecule has 0 amide bonds. The van der Waals surface area contributed by atoms with Crippen LogP contribution < -0.4 is 4.90 Å². The summed E-state index contributed by atoms with van der Waals surface area (Å²) in [5, 5.41) is 4.03. The Balaban J connectivity index is 1.74. The van der Waals surface area contributed by atoms with Crippen molar-refractivity contribution in [1.82, 2.24) is 10.1 Å². The van der Waals surface area contributed by atoms with E-state index in [9.17, 15) is 0 Å². The Bertz CT molecular complexity index is 559. The Hall–Kier alpha value is -1.52. The van der Waals surface area contributed by atoms with Crippen molar-refractivity contribution >= 4 is 17.3 Å². The van der Waals surface area contributed by atoms with Crippen molar-refractivity contribution in [2.45, 2.75) is 5.88 Å². The van der Waals surface area contributed by atoms with E-state index in [2.05, 4.69) is 46.3 Å². The maximum atomic E-state index is 5.72. The van der Waals surface area contributed by atoms with E-state index in [1.165, 1.54) is 5.69 Å². The van der Waals surface area contributed by atoms with Crippen LogP contribution in [0.25, 0.3) is 11.3 Å². The van der Waals surface area contributed by atoms with Crippen LogP contribution in [0.15, 0.2) is 34.9 Å². The highest BCUT2D eigenvalue weighted by atomic mass is 35.5. The molecular weight excluding hydrogens is 274 g/mol. The number of likely N-dealkylation sites (N-methyl/N-ethyl adjacent to an activating group) is 1. The average molecular weight is 292 g/mol. The molecule has 0 spiro atoms. The summed E-state index contributed by atoms with van der Waals surface area (Å²) >= 11 is 5.72. The predicted molar refractivity (Wildman–Crippen MR) is 81.2 cm³/mol. The molecule has 0 aliphatic carbocycles. The second-order valence-corrected chi connectivity index (χ2v) is 5.42. The average Bonchev–Trinajstić information content (AvgIpc) is 2.97. The zero-order valence-electron chi connectivity index (χ0n) is 11.6. The molecule has 0 atom stereocenters. The molecule has 4 nitrogen and oxygen atoms in total. The number of halogens is 1. The van der Waals surface area contributed by atoms with Crippen molar-refractivity contribution in [2.24, 2.45) is 0 Å². The van der Waals surface area contributed by atoms with E-state index in [1.54, 1.807) is 0 Å². The van der Waals surface area contributed by atoms with E-state index in [0.29, 0.717) is 11.6 Å². The SMILES string of the molecule is CN1CCN(c2ccc(-c3cc(CCl)on3)cc2)CC1. The van der Waals surface area contributed by atoms with Crippen molar-refractivity contribution in [2.75, 3.05) is 38.1 Å². The van der Waals surface area contributed by atoms with Crippen molar-refractivity contribution < 1.29 is 4.52 Å². The molecule has 0 radical (unpaired) electrons. The topological polar surface area (TPSA) is 32.5 Å². The molecule has 2 heterocycles. The molecule has 0 bridgehead atoms. The summed E-state index contributed by atoms with van der Waals surface area (Å²) in [4.78, 5) is 4.77. The Morgan fingerprint density at radius 1 is 1.15 bits per heavy atom. The predicted octanol–water partition coefficient (Wildman–Crippen LogP) is 2.83. The number of alkyl halides is 1. The van der Waals surface area contributed by atoms with Gasteiger partial charge in [0.05, 0.1) is 5.88 Å². The van der Waals surface area contributed by atoms with Gasteiger partial charge in [0.1, 0.15) is 5.69 Å². The first kappa shape index (κ1) is 13.5. The minimum absolute atomic E-state index is 0.354. The maximum absolute atomic E-state index is 5.72. The minimum Gasteiger partial charge on any atom is -0.369 e. The smallest absolute Gasteiger partial charge is 0.152 e. The third-order valence-electron chi connectivity index (χ3n) is 3.72. The van der Waals surface area contributed by atoms with Gasteiger partial charge in [-0.2, -0.15) is 0 Å². The number of anilines is 1. The van der Waals surface area contributed by atoms with Gasteiger partial charge >= 0.3 is 0 Å². The zero-order valence-corrected chi connectivity index (χ0v) is 12.3. The lowest BCUT2D eigenvalue weighted by atomic mass is 10.1. The van der Waals surface area contributed by atoms with Crippen LogP contribution in [0, 0.1) is 0 Å². The summed E-state index contributed by atoms with van der Waals surface area (Å²) in [5.74, 6) is 1.05. The van der Waals surface area contributed by atoms with Gasteiger partial charge in [-0.3, -0.25) is 0 Å². The highest BCUT2D eigenvalue weighted by Crippen LogP contribution is 2.24. The molecule has 3 rings (SSSR count). The van der Waals surface area contributed by atoms with Gasteiger partial charge in [-0.05, 0) is 19.2 Å². The molecule has 1 aliphatic rings. The Morgan fingerprint density at radius 2 is 1.85 bits per heavy atom. The molecule has 0 saturated carbocycles. The number of aromatic nitrogens is 1. The summed E-state index contributed by atoms with van der Waals surface area (Å²) < 4.78 is 5.13. The van der Waals surface area contributed by atoms with Crippen LogP contribution in [-0.2, 0) is 5.88 Å². The second-order valence-electron chi connectivity index (χ2n) is 5.15. The Labute approximate surface area is 123 Å². The molecular formula is C15H18ClN3O. The number of hydrogen-bond acceptors (Lipinski definition) is 4. The van der Waals surface area contributed by atoms with Crippen LogP contribution >= 0.6 is 11.6 Å². The van der Waals surface area contributed by atoms with E-state index in [4.69, 9.17) is 16.1 Å². The second kappa shape index (κ2) is 5.85. The third kappa shape index (κ3) is 2.81. The fourth-order valence-electron chi connectivity index (χ4n) is 2.42. The summed E-state index contributed by atoms with van der Waals surface area (Å²) in [6, 6.07) is 10.4. The van der Waals surface area contributed by atoms with Gasteiger partial charge in [0, 0.05) is 43.5 Å². The van der Waals surface area contributed by atoms with Crippen molar-refractivity contribution in [3.8, 4) is 11.3 Å². The number of hydrogen-bond donors (Lipinski definition) is 0. The first-order valence-corrected chi connectivity index (χ1v) is 7.35. The summed E-state index contributed by atoms with van der Waals surface area (Å²) in [5.41, 5.74) is 3.16. The molecule has 1 aliphatic heterocycles. The van der Waals surface area contributed by atoms with Crippen LogP contribution in [0.4, 0.5) is 5.69 Å². The highest BCUT2D eigenvalue weighted by molar-refractivity contribution is 6.16. The van der Waals surface area contributed by atoms with E-state index in [-0.39, 0.29) is 0 Å². The number of rotatable bonds is 3. The van der Waals surface area contributed by atoms with E-state index in [0.717, 1.165) is 37.4 Å². The molecule has 2 aromatic rings. The number of piperazine rings is 1. The molecule has 0 unspecified atom stereocenters. The minimum atomic E-state index is 0.354. The van der Waals surface area contributed by atoms with E-state index in [1.807, 2.05) is 6.07 Å². The maximum Gasteiger partial charge on any atom is 0.152 e. The van der Waals surface area contributed by atoms with Gasteiger partial charge in [0.25, 0.3) is 0 Å². The standard InChI is InChI=1S/C15H18ClN3O/c1-18-6-8-19(9-7-18)13-4-2-12(3-5-13)15-10-14(11-16)20-17-15/h2-5,10H,6-9,11H2,1H3.